The Morgan fingerprint density at radius 2 is 2.13 bits per heavy atom. The molecule has 0 saturated carbocycles. The van der Waals surface area contributed by atoms with Crippen molar-refractivity contribution in [2.24, 2.45) is 11.7 Å². The lowest BCUT2D eigenvalue weighted by atomic mass is 10.1. The Morgan fingerprint density at radius 3 is 2.53 bits per heavy atom. The zero-order valence-electron chi connectivity index (χ0n) is 9.03. The summed E-state index contributed by atoms with van der Waals surface area (Å²) in [7, 11) is 1.41. The van der Waals surface area contributed by atoms with E-state index in [1.54, 1.807) is 6.92 Å². The molecular weight excluding hydrogens is 200 g/mol. The summed E-state index contributed by atoms with van der Waals surface area (Å²) in [5, 5.41) is 11.1. The number of carboxylic acids is 1. The van der Waals surface area contributed by atoms with Crippen molar-refractivity contribution in [1.82, 2.24) is 5.32 Å². The lowest BCUT2D eigenvalue weighted by molar-refractivity contribution is -0.140. The number of carbonyl (C=O) groups is 2. The molecule has 0 saturated heterocycles. The van der Waals surface area contributed by atoms with Crippen molar-refractivity contribution < 1.29 is 19.4 Å². The number of methoxy groups -OCH3 is 1. The lowest BCUT2D eigenvalue weighted by Gasteiger charge is -2.15. The van der Waals surface area contributed by atoms with E-state index in [0.29, 0.717) is 0 Å². The van der Waals surface area contributed by atoms with E-state index in [1.807, 2.05) is 0 Å². The Hall–Kier alpha value is -1.14. The first kappa shape index (κ1) is 13.9. The van der Waals surface area contributed by atoms with E-state index in [1.165, 1.54) is 7.11 Å². The second-order valence-corrected chi connectivity index (χ2v) is 3.34. The Labute approximate surface area is 88.8 Å². The van der Waals surface area contributed by atoms with E-state index < -0.39 is 12.1 Å². The highest BCUT2D eigenvalue weighted by Crippen LogP contribution is 1.97. The van der Waals surface area contributed by atoms with Gasteiger partial charge in [-0.25, -0.2) is 0 Å². The minimum atomic E-state index is -0.956. The highest BCUT2D eigenvalue weighted by molar-refractivity contribution is 5.78. The summed E-state index contributed by atoms with van der Waals surface area (Å²) in [4.78, 5) is 21.7. The maximum atomic E-state index is 11.3. The van der Waals surface area contributed by atoms with Gasteiger partial charge in [-0.15, -0.1) is 0 Å². The van der Waals surface area contributed by atoms with Crippen LogP contribution in [0, 0.1) is 5.92 Å². The summed E-state index contributed by atoms with van der Waals surface area (Å²) < 4.78 is 4.90. The van der Waals surface area contributed by atoms with Crippen molar-refractivity contribution in [3.05, 3.63) is 0 Å². The molecule has 6 nitrogen and oxygen atoms in total. The number of hydrogen-bond acceptors (Lipinski definition) is 4. The molecule has 0 heterocycles. The third-order valence-electron chi connectivity index (χ3n) is 2.04. The van der Waals surface area contributed by atoms with Crippen LogP contribution in [-0.2, 0) is 14.3 Å². The summed E-state index contributed by atoms with van der Waals surface area (Å²) in [6.45, 7) is 2.16. The first-order valence-electron chi connectivity index (χ1n) is 4.73. The molecule has 2 atom stereocenters. The first-order chi connectivity index (χ1) is 7.01. The fourth-order valence-electron chi connectivity index (χ4n) is 0.929. The highest BCUT2D eigenvalue weighted by Gasteiger charge is 2.15. The Balaban J connectivity index is 3.89. The summed E-state index contributed by atoms with van der Waals surface area (Å²) in [6, 6.07) is 0. The molecule has 6 heteroatoms. The van der Waals surface area contributed by atoms with E-state index in [-0.39, 0.29) is 31.3 Å². The van der Waals surface area contributed by atoms with Gasteiger partial charge in [0.2, 0.25) is 5.91 Å². The van der Waals surface area contributed by atoms with Crippen molar-refractivity contribution in [1.29, 1.82) is 0 Å². The number of carbonyl (C=O) groups excluding carboxylic acids is 1. The fraction of sp³-hybridized carbons (Fsp3) is 0.778. The highest BCUT2D eigenvalue weighted by atomic mass is 16.5. The Kier molecular flexibility index (Phi) is 6.64. The van der Waals surface area contributed by atoms with Crippen LogP contribution in [0.25, 0.3) is 0 Å². The van der Waals surface area contributed by atoms with Crippen LogP contribution in [0.2, 0.25) is 0 Å². The molecule has 0 aromatic carbocycles. The monoisotopic (exact) mass is 218 g/mol. The average molecular weight is 218 g/mol. The van der Waals surface area contributed by atoms with Crippen molar-refractivity contribution >= 4 is 11.9 Å². The largest absolute Gasteiger partial charge is 0.481 e. The van der Waals surface area contributed by atoms with E-state index in [2.05, 4.69) is 5.32 Å². The van der Waals surface area contributed by atoms with Gasteiger partial charge in [0.05, 0.1) is 12.5 Å². The quantitative estimate of drug-likeness (QED) is 0.518. The van der Waals surface area contributed by atoms with Gasteiger partial charge in [-0.3, -0.25) is 9.59 Å². The summed E-state index contributed by atoms with van der Waals surface area (Å²) >= 11 is 0. The fourth-order valence-corrected chi connectivity index (χ4v) is 0.929. The first-order valence-corrected chi connectivity index (χ1v) is 4.73. The van der Waals surface area contributed by atoms with Crippen LogP contribution in [-0.4, -0.2) is 43.3 Å². The van der Waals surface area contributed by atoms with E-state index in [4.69, 9.17) is 15.6 Å². The number of amides is 1. The molecule has 0 aliphatic carbocycles. The molecule has 0 bridgehead atoms. The molecule has 0 aliphatic rings. The predicted molar refractivity (Wildman–Crippen MR) is 54.3 cm³/mol. The van der Waals surface area contributed by atoms with Gasteiger partial charge >= 0.3 is 5.97 Å². The van der Waals surface area contributed by atoms with Crippen molar-refractivity contribution in [2.45, 2.75) is 19.4 Å². The number of hydrogen-bond donors (Lipinski definition) is 3. The van der Waals surface area contributed by atoms with Crippen LogP contribution < -0.4 is 11.1 Å². The molecular formula is C9H18N2O4. The summed E-state index contributed by atoms with van der Waals surface area (Å²) in [5.41, 5.74) is 5.31. The van der Waals surface area contributed by atoms with Crippen molar-refractivity contribution in [3.8, 4) is 0 Å². The van der Waals surface area contributed by atoms with E-state index in [0.717, 1.165) is 0 Å². The number of ether oxygens (including phenoxy) is 1. The van der Waals surface area contributed by atoms with Gasteiger partial charge in [0.1, 0.15) is 0 Å². The standard InChI is InChI=1S/C9H18N2O4/c1-6(4-10)9(14)11-5-7(15-2)3-8(12)13/h6-7H,3-5,10H2,1-2H3,(H,11,14)(H,12,13). The second-order valence-electron chi connectivity index (χ2n) is 3.34. The molecule has 4 N–H and O–H groups in total. The smallest absolute Gasteiger partial charge is 0.306 e. The molecule has 0 aromatic heterocycles. The number of rotatable bonds is 7. The molecule has 0 spiro atoms. The topological polar surface area (TPSA) is 102 Å². The third kappa shape index (κ3) is 6.03. The normalized spacial score (nSPS) is 14.3. The van der Waals surface area contributed by atoms with Crippen molar-refractivity contribution in [3.63, 3.8) is 0 Å². The maximum absolute atomic E-state index is 11.3. The third-order valence-corrected chi connectivity index (χ3v) is 2.04. The van der Waals surface area contributed by atoms with E-state index >= 15 is 0 Å². The predicted octanol–water partition coefficient (Wildman–Crippen LogP) is -0.813. The molecule has 0 radical (unpaired) electrons. The SMILES string of the molecule is COC(CNC(=O)C(C)CN)CC(=O)O. The van der Waals surface area contributed by atoms with Gasteiger partial charge < -0.3 is 20.9 Å². The van der Waals surface area contributed by atoms with Crippen LogP contribution in [0.5, 0.6) is 0 Å². The number of nitrogens with one attached hydrogen (secondary N) is 1. The van der Waals surface area contributed by atoms with Crippen molar-refractivity contribution in [2.75, 3.05) is 20.2 Å². The van der Waals surface area contributed by atoms with Crippen LogP contribution in [0.15, 0.2) is 0 Å². The molecule has 0 rings (SSSR count). The number of aliphatic carboxylic acids is 1. The van der Waals surface area contributed by atoms with Gasteiger partial charge in [-0.1, -0.05) is 6.92 Å². The van der Waals surface area contributed by atoms with Gasteiger partial charge in [0, 0.05) is 26.1 Å². The number of nitrogens with two attached hydrogens (primary N) is 1. The van der Waals surface area contributed by atoms with Crippen LogP contribution in [0.4, 0.5) is 0 Å². The molecule has 1 amide bonds. The molecule has 2 unspecified atom stereocenters. The average Bonchev–Trinajstić information content (AvgIpc) is 2.21. The lowest BCUT2D eigenvalue weighted by Crippen LogP contribution is -2.39. The number of carboxylic acid groups (broad SMARTS) is 1. The minimum Gasteiger partial charge on any atom is -0.481 e. The summed E-state index contributed by atoms with van der Waals surface area (Å²) in [6.07, 6.45) is -0.634. The Morgan fingerprint density at radius 1 is 1.53 bits per heavy atom. The molecule has 15 heavy (non-hydrogen) atoms. The zero-order chi connectivity index (χ0) is 11.8. The van der Waals surface area contributed by atoms with Crippen LogP contribution in [0.3, 0.4) is 0 Å². The molecule has 0 aromatic rings. The van der Waals surface area contributed by atoms with Crippen LogP contribution in [0.1, 0.15) is 13.3 Å². The molecule has 0 aliphatic heterocycles. The van der Waals surface area contributed by atoms with E-state index in [9.17, 15) is 9.59 Å². The second kappa shape index (κ2) is 7.19. The van der Waals surface area contributed by atoms with Gasteiger partial charge in [0.15, 0.2) is 0 Å². The van der Waals surface area contributed by atoms with Gasteiger partial charge in [-0.2, -0.15) is 0 Å². The van der Waals surface area contributed by atoms with Gasteiger partial charge in [0.25, 0.3) is 0 Å². The maximum Gasteiger partial charge on any atom is 0.306 e. The van der Waals surface area contributed by atoms with Crippen LogP contribution >= 0.6 is 0 Å². The summed E-state index contributed by atoms with van der Waals surface area (Å²) in [5.74, 6) is -1.42. The Bertz CT molecular complexity index is 220. The van der Waals surface area contributed by atoms with Gasteiger partial charge in [-0.05, 0) is 0 Å². The zero-order valence-corrected chi connectivity index (χ0v) is 9.03. The molecule has 88 valence electrons. The molecule has 0 fully saturated rings. The minimum absolute atomic E-state index is 0.131.